The molecule has 1 aliphatic heterocycles. The maximum absolute atomic E-state index is 13.1. The molecule has 0 aliphatic carbocycles. The highest BCUT2D eigenvalue weighted by atomic mass is 32.2. The average molecular weight is 374 g/mol. The molecule has 0 N–H and O–H groups in total. The summed E-state index contributed by atoms with van der Waals surface area (Å²) in [5.41, 5.74) is 2.21. The van der Waals surface area contributed by atoms with Crippen LogP contribution in [0.15, 0.2) is 53.4 Å². The number of sulfonamides is 1. The summed E-state index contributed by atoms with van der Waals surface area (Å²) in [6, 6.07) is 13.9. The van der Waals surface area contributed by atoms with Gasteiger partial charge in [0.1, 0.15) is 0 Å². The zero-order chi connectivity index (χ0) is 18.9. The van der Waals surface area contributed by atoms with Crippen LogP contribution in [0.4, 0.5) is 5.69 Å². The monoisotopic (exact) mass is 374 g/mol. The van der Waals surface area contributed by atoms with Crippen LogP contribution < -0.4 is 4.90 Å². The van der Waals surface area contributed by atoms with Crippen LogP contribution >= 0.6 is 0 Å². The van der Waals surface area contributed by atoms with Gasteiger partial charge in [-0.1, -0.05) is 24.3 Å². The van der Waals surface area contributed by atoms with E-state index in [4.69, 9.17) is 4.74 Å². The van der Waals surface area contributed by atoms with Gasteiger partial charge >= 0.3 is 0 Å². The number of carbonyl (C=O) groups excluding carboxylic acids is 1. The first kappa shape index (κ1) is 18.6. The number of carbonyl (C=O) groups is 1. The number of fused-ring (bicyclic) bond motifs is 1. The number of rotatable bonds is 4. The minimum absolute atomic E-state index is 0.0949. The first-order valence-electron chi connectivity index (χ1n) is 8.29. The lowest BCUT2D eigenvalue weighted by Gasteiger charge is -2.34. The summed E-state index contributed by atoms with van der Waals surface area (Å²) >= 11 is 0. The van der Waals surface area contributed by atoms with Gasteiger partial charge in [-0.3, -0.25) is 4.79 Å². The molecule has 0 fully saturated rings. The van der Waals surface area contributed by atoms with Crippen molar-refractivity contribution in [2.45, 2.75) is 17.4 Å². The van der Waals surface area contributed by atoms with Gasteiger partial charge in [-0.15, -0.1) is 0 Å². The van der Waals surface area contributed by atoms with Gasteiger partial charge in [0.05, 0.1) is 17.5 Å². The minimum Gasteiger partial charge on any atom is -0.379 e. The molecule has 6 nitrogen and oxygen atoms in total. The van der Waals surface area contributed by atoms with Crippen molar-refractivity contribution < 1.29 is 17.9 Å². The van der Waals surface area contributed by atoms with E-state index in [1.807, 2.05) is 24.3 Å². The van der Waals surface area contributed by atoms with Gasteiger partial charge in [0, 0.05) is 38.9 Å². The number of benzene rings is 2. The van der Waals surface area contributed by atoms with Gasteiger partial charge in [0.2, 0.25) is 10.0 Å². The van der Waals surface area contributed by atoms with Crippen LogP contribution in [0, 0.1) is 0 Å². The molecule has 1 amide bonds. The quantitative estimate of drug-likeness (QED) is 0.823. The fourth-order valence-corrected chi connectivity index (χ4v) is 4.01. The normalized spacial score (nSPS) is 17.2. The number of ether oxygens (including phenoxy) is 1. The molecule has 0 saturated heterocycles. The lowest BCUT2D eigenvalue weighted by atomic mass is 9.98. The summed E-state index contributed by atoms with van der Waals surface area (Å²) < 4.78 is 31.3. The number of nitrogens with zero attached hydrogens (tertiary/aromatic N) is 2. The van der Waals surface area contributed by atoms with E-state index < -0.39 is 10.0 Å². The van der Waals surface area contributed by atoms with Gasteiger partial charge < -0.3 is 9.64 Å². The molecule has 0 spiro atoms. The number of hydrogen-bond donors (Lipinski definition) is 0. The fourth-order valence-electron chi connectivity index (χ4n) is 3.06. The van der Waals surface area contributed by atoms with Crippen molar-refractivity contribution in [2.75, 3.05) is 32.6 Å². The molecule has 0 bridgehead atoms. The standard InChI is InChI=1S/C19H22N2O4S/c1-20(2)26(23,24)17-9-6-8-15(12-17)19(22)21-13-16(25-3)11-14-7-4-5-10-18(14)21/h4-10,12,16H,11,13H2,1-3H3. The second-order valence-corrected chi connectivity index (χ2v) is 8.57. The van der Waals surface area contributed by atoms with Crippen molar-refractivity contribution in [1.82, 2.24) is 4.31 Å². The molecule has 0 aromatic heterocycles. The number of anilines is 1. The Hall–Kier alpha value is -2.22. The average Bonchev–Trinajstić information content (AvgIpc) is 2.66. The second kappa shape index (κ2) is 7.19. The predicted octanol–water partition coefficient (Wildman–Crippen LogP) is 2.15. The zero-order valence-corrected chi connectivity index (χ0v) is 15.9. The molecule has 138 valence electrons. The Balaban J connectivity index is 2.00. The summed E-state index contributed by atoms with van der Waals surface area (Å²) in [6.45, 7) is 0.428. The fraction of sp³-hybridized carbons (Fsp3) is 0.316. The Bertz CT molecular complexity index is 925. The third kappa shape index (κ3) is 3.38. The highest BCUT2D eigenvalue weighted by Gasteiger charge is 2.29. The molecule has 2 aromatic rings. The lowest BCUT2D eigenvalue weighted by molar-refractivity contribution is 0.0870. The molecule has 7 heteroatoms. The number of para-hydroxylation sites is 1. The molecule has 26 heavy (non-hydrogen) atoms. The van der Waals surface area contributed by atoms with E-state index in [1.54, 1.807) is 24.1 Å². The highest BCUT2D eigenvalue weighted by molar-refractivity contribution is 7.89. The molecule has 1 atom stereocenters. The number of methoxy groups -OCH3 is 1. The van der Waals surface area contributed by atoms with Crippen LogP contribution in [0.1, 0.15) is 15.9 Å². The molecule has 0 radical (unpaired) electrons. The molecule has 1 heterocycles. The number of hydrogen-bond acceptors (Lipinski definition) is 4. The third-order valence-corrected chi connectivity index (χ3v) is 6.37. The summed E-state index contributed by atoms with van der Waals surface area (Å²) in [5.74, 6) is -0.241. The van der Waals surface area contributed by atoms with E-state index in [-0.39, 0.29) is 16.9 Å². The van der Waals surface area contributed by atoms with Crippen molar-refractivity contribution >= 4 is 21.6 Å². The van der Waals surface area contributed by atoms with Gasteiger partial charge in [-0.25, -0.2) is 12.7 Å². The van der Waals surface area contributed by atoms with Gasteiger partial charge in [0.15, 0.2) is 0 Å². The van der Waals surface area contributed by atoms with Crippen molar-refractivity contribution in [3.63, 3.8) is 0 Å². The van der Waals surface area contributed by atoms with Crippen molar-refractivity contribution in [3.05, 3.63) is 59.7 Å². The van der Waals surface area contributed by atoms with E-state index in [2.05, 4.69) is 0 Å². The maximum atomic E-state index is 13.1. The van der Waals surface area contributed by atoms with E-state index in [9.17, 15) is 13.2 Å². The SMILES string of the molecule is COC1Cc2ccccc2N(C(=O)c2cccc(S(=O)(=O)N(C)C)c2)C1. The Labute approximate surface area is 154 Å². The van der Waals surface area contributed by atoms with Crippen LogP contribution in [0.2, 0.25) is 0 Å². The smallest absolute Gasteiger partial charge is 0.258 e. The topological polar surface area (TPSA) is 66.9 Å². The van der Waals surface area contributed by atoms with Crippen LogP contribution in [0.5, 0.6) is 0 Å². The largest absolute Gasteiger partial charge is 0.379 e. The summed E-state index contributed by atoms with van der Waals surface area (Å²) in [6.07, 6.45) is 0.647. The van der Waals surface area contributed by atoms with Crippen molar-refractivity contribution in [1.29, 1.82) is 0 Å². The van der Waals surface area contributed by atoms with Gasteiger partial charge in [0.25, 0.3) is 5.91 Å². The first-order chi connectivity index (χ1) is 12.3. The summed E-state index contributed by atoms with van der Waals surface area (Å²) in [5, 5.41) is 0. The zero-order valence-electron chi connectivity index (χ0n) is 15.0. The Kier molecular flexibility index (Phi) is 5.13. The first-order valence-corrected chi connectivity index (χ1v) is 9.73. The summed E-state index contributed by atoms with van der Waals surface area (Å²) in [7, 11) is 0.961. The Morgan fingerprint density at radius 3 is 2.58 bits per heavy atom. The van der Waals surface area contributed by atoms with Crippen LogP contribution in [0.3, 0.4) is 0 Å². The Morgan fingerprint density at radius 1 is 1.15 bits per heavy atom. The molecule has 1 unspecified atom stereocenters. The van der Waals surface area contributed by atoms with Crippen LogP contribution in [-0.4, -0.2) is 52.5 Å². The second-order valence-electron chi connectivity index (χ2n) is 6.42. The third-order valence-electron chi connectivity index (χ3n) is 4.55. The van der Waals surface area contributed by atoms with Crippen molar-refractivity contribution in [2.24, 2.45) is 0 Å². The molecular weight excluding hydrogens is 352 g/mol. The Morgan fingerprint density at radius 2 is 1.88 bits per heavy atom. The minimum atomic E-state index is -3.60. The predicted molar refractivity (Wildman–Crippen MR) is 99.9 cm³/mol. The van der Waals surface area contributed by atoms with E-state index in [1.165, 1.54) is 26.2 Å². The highest BCUT2D eigenvalue weighted by Crippen LogP contribution is 2.29. The van der Waals surface area contributed by atoms with Gasteiger partial charge in [-0.05, 0) is 29.8 Å². The van der Waals surface area contributed by atoms with Crippen LogP contribution in [0.25, 0.3) is 0 Å². The number of amides is 1. The van der Waals surface area contributed by atoms with Crippen LogP contribution in [-0.2, 0) is 21.2 Å². The van der Waals surface area contributed by atoms with E-state index in [0.717, 1.165) is 22.0 Å². The molecule has 1 aliphatic rings. The van der Waals surface area contributed by atoms with Crippen molar-refractivity contribution in [3.8, 4) is 0 Å². The van der Waals surface area contributed by atoms with E-state index in [0.29, 0.717) is 12.1 Å². The van der Waals surface area contributed by atoms with E-state index >= 15 is 0 Å². The lowest BCUT2D eigenvalue weighted by Crippen LogP contribution is -2.43. The molecule has 0 saturated carbocycles. The summed E-state index contributed by atoms with van der Waals surface area (Å²) in [4.78, 5) is 14.9. The molecular formula is C19H22N2O4S. The maximum Gasteiger partial charge on any atom is 0.258 e. The van der Waals surface area contributed by atoms with Gasteiger partial charge in [-0.2, -0.15) is 0 Å². The molecule has 3 rings (SSSR count). The molecule has 2 aromatic carbocycles.